The molecule has 1 aliphatic heterocycles. The molecule has 1 fully saturated rings. The van der Waals surface area contributed by atoms with E-state index in [-0.39, 0.29) is 11.8 Å². The fourth-order valence-corrected chi connectivity index (χ4v) is 3.34. The number of methoxy groups -OCH3 is 2. The maximum atomic E-state index is 12.8. The molecule has 0 spiro atoms. The van der Waals surface area contributed by atoms with Crippen molar-refractivity contribution in [3.8, 4) is 11.5 Å². The van der Waals surface area contributed by atoms with Gasteiger partial charge in [0.25, 0.3) is 0 Å². The topological polar surface area (TPSA) is 67.8 Å². The van der Waals surface area contributed by atoms with Crippen LogP contribution in [0.3, 0.4) is 0 Å². The molecule has 27 heavy (non-hydrogen) atoms. The van der Waals surface area contributed by atoms with Crippen LogP contribution in [-0.4, -0.2) is 61.2 Å². The Labute approximate surface area is 159 Å². The quantitative estimate of drug-likeness (QED) is 0.775. The molecule has 1 aromatic heterocycles. The van der Waals surface area contributed by atoms with E-state index in [9.17, 15) is 4.79 Å². The van der Waals surface area contributed by atoms with Gasteiger partial charge in [-0.3, -0.25) is 4.79 Å². The summed E-state index contributed by atoms with van der Waals surface area (Å²) >= 11 is 0. The van der Waals surface area contributed by atoms with Crippen molar-refractivity contribution in [2.24, 2.45) is 5.92 Å². The van der Waals surface area contributed by atoms with E-state index in [1.807, 2.05) is 30.0 Å². The summed E-state index contributed by atoms with van der Waals surface area (Å²) in [4.78, 5) is 25.5. The van der Waals surface area contributed by atoms with Gasteiger partial charge >= 0.3 is 0 Å². The lowest BCUT2D eigenvalue weighted by molar-refractivity contribution is -0.135. The van der Waals surface area contributed by atoms with Crippen molar-refractivity contribution >= 4 is 11.9 Å². The Morgan fingerprint density at radius 3 is 2.37 bits per heavy atom. The van der Waals surface area contributed by atoms with Crippen LogP contribution < -0.4 is 14.4 Å². The van der Waals surface area contributed by atoms with E-state index in [0.717, 1.165) is 24.6 Å². The first-order valence-corrected chi connectivity index (χ1v) is 9.14. The van der Waals surface area contributed by atoms with Gasteiger partial charge in [-0.2, -0.15) is 0 Å². The highest BCUT2D eigenvalue weighted by Gasteiger charge is 2.26. The van der Waals surface area contributed by atoms with Crippen molar-refractivity contribution in [3.05, 3.63) is 42.2 Å². The van der Waals surface area contributed by atoms with Gasteiger partial charge in [0.05, 0.1) is 14.2 Å². The molecule has 7 heteroatoms. The van der Waals surface area contributed by atoms with Gasteiger partial charge in [-0.05, 0) is 30.2 Å². The van der Waals surface area contributed by atoms with E-state index in [0.29, 0.717) is 31.0 Å². The highest BCUT2D eigenvalue weighted by atomic mass is 16.5. The van der Waals surface area contributed by atoms with Gasteiger partial charge in [-0.1, -0.05) is 13.0 Å². The molecule has 1 saturated heterocycles. The summed E-state index contributed by atoms with van der Waals surface area (Å²) in [6.07, 6.45) is 4.15. The van der Waals surface area contributed by atoms with Crippen LogP contribution in [0.25, 0.3) is 0 Å². The van der Waals surface area contributed by atoms with Crippen LogP contribution in [-0.2, 0) is 11.2 Å². The lowest BCUT2D eigenvalue weighted by Crippen LogP contribution is -2.50. The van der Waals surface area contributed by atoms with Gasteiger partial charge in [0.1, 0.15) is 0 Å². The Morgan fingerprint density at radius 1 is 1.07 bits per heavy atom. The van der Waals surface area contributed by atoms with Gasteiger partial charge in [0, 0.05) is 44.5 Å². The van der Waals surface area contributed by atoms with Crippen molar-refractivity contribution in [1.82, 2.24) is 14.9 Å². The fraction of sp³-hybridized carbons (Fsp3) is 0.450. The van der Waals surface area contributed by atoms with Gasteiger partial charge in [-0.25, -0.2) is 9.97 Å². The first kappa shape index (κ1) is 18.9. The molecule has 1 aromatic carbocycles. The maximum Gasteiger partial charge on any atom is 0.225 e. The second-order valence-corrected chi connectivity index (χ2v) is 6.66. The molecular formula is C20H26N4O3. The van der Waals surface area contributed by atoms with Crippen LogP contribution in [0.4, 0.5) is 5.95 Å². The van der Waals surface area contributed by atoms with Crippen molar-refractivity contribution in [1.29, 1.82) is 0 Å². The van der Waals surface area contributed by atoms with Crippen LogP contribution in [0.15, 0.2) is 36.7 Å². The Bertz CT molecular complexity index is 761. The monoisotopic (exact) mass is 370 g/mol. The first-order chi connectivity index (χ1) is 13.1. The molecule has 2 aromatic rings. The summed E-state index contributed by atoms with van der Waals surface area (Å²) in [7, 11) is 3.23. The number of rotatable bonds is 6. The average Bonchev–Trinajstić information content (AvgIpc) is 2.73. The predicted molar refractivity (Wildman–Crippen MR) is 103 cm³/mol. The number of ether oxygens (including phenoxy) is 2. The number of carbonyl (C=O) groups excluding carboxylic acids is 1. The number of benzene rings is 1. The minimum Gasteiger partial charge on any atom is -0.493 e. The smallest absolute Gasteiger partial charge is 0.225 e. The zero-order chi connectivity index (χ0) is 19.2. The van der Waals surface area contributed by atoms with Gasteiger partial charge in [0.15, 0.2) is 11.5 Å². The molecule has 1 aliphatic rings. The van der Waals surface area contributed by atoms with Crippen molar-refractivity contribution in [3.63, 3.8) is 0 Å². The summed E-state index contributed by atoms with van der Waals surface area (Å²) in [6.45, 7) is 4.85. The zero-order valence-corrected chi connectivity index (χ0v) is 16.1. The molecule has 0 N–H and O–H groups in total. The van der Waals surface area contributed by atoms with Crippen LogP contribution >= 0.6 is 0 Å². The predicted octanol–water partition coefficient (Wildman–Crippen LogP) is 2.02. The molecule has 2 heterocycles. The SMILES string of the molecule is COc1ccc(CC(C)C(=O)N2CCN(c3ncccn3)CC2)cc1OC. The molecular weight excluding hydrogens is 344 g/mol. The third-order valence-corrected chi connectivity index (χ3v) is 4.84. The molecule has 1 atom stereocenters. The molecule has 0 radical (unpaired) electrons. The minimum absolute atomic E-state index is 0.0948. The number of nitrogens with zero attached hydrogens (tertiary/aromatic N) is 4. The third kappa shape index (κ3) is 4.48. The van der Waals surface area contributed by atoms with Crippen LogP contribution in [0.2, 0.25) is 0 Å². The fourth-order valence-electron chi connectivity index (χ4n) is 3.34. The highest BCUT2D eigenvalue weighted by molar-refractivity contribution is 5.79. The van der Waals surface area contributed by atoms with E-state index in [4.69, 9.17) is 9.47 Å². The molecule has 144 valence electrons. The highest BCUT2D eigenvalue weighted by Crippen LogP contribution is 2.28. The Hall–Kier alpha value is -2.83. The van der Waals surface area contributed by atoms with E-state index >= 15 is 0 Å². The van der Waals surface area contributed by atoms with Crippen molar-refractivity contribution in [2.45, 2.75) is 13.3 Å². The number of anilines is 1. The number of amides is 1. The minimum atomic E-state index is -0.0948. The summed E-state index contributed by atoms with van der Waals surface area (Å²) in [5.74, 6) is 2.19. The number of piperazine rings is 1. The van der Waals surface area contributed by atoms with E-state index in [1.54, 1.807) is 32.7 Å². The number of hydrogen-bond donors (Lipinski definition) is 0. The number of hydrogen-bond acceptors (Lipinski definition) is 6. The zero-order valence-electron chi connectivity index (χ0n) is 16.1. The van der Waals surface area contributed by atoms with E-state index in [2.05, 4.69) is 14.9 Å². The largest absolute Gasteiger partial charge is 0.493 e. The molecule has 0 aliphatic carbocycles. The summed E-state index contributed by atoms with van der Waals surface area (Å²) < 4.78 is 10.6. The first-order valence-electron chi connectivity index (χ1n) is 9.14. The van der Waals surface area contributed by atoms with Crippen LogP contribution in [0.1, 0.15) is 12.5 Å². The number of carbonyl (C=O) groups is 1. The van der Waals surface area contributed by atoms with Crippen molar-refractivity contribution in [2.75, 3.05) is 45.3 Å². The summed E-state index contributed by atoms with van der Waals surface area (Å²) in [5, 5.41) is 0. The Kier molecular flexibility index (Phi) is 6.11. The van der Waals surface area contributed by atoms with Gasteiger partial charge in [-0.15, -0.1) is 0 Å². The molecule has 7 nitrogen and oxygen atoms in total. The maximum absolute atomic E-state index is 12.8. The normalized spacial score (nSPS) is 15.4. The molecule has 1 amide bonds. The molecule has 0 bridgehead atoms. The van der Waals surface area contributed by atoms with Gasteiger partial charge in [0.2, 0.25) is 11.9 Å². The van der Waals surface area contributed by atoms with Crippen LogP contribution in [0.5, 0.6) is 11.5 Å². The lowest BCUT2D eigenvalue weighted by Gasteiger charge is -2.36. The number of aromatic nitrogens is 2. The van der Waals surface area contributed by atoms with E-state index < -0.39 is 0 Å². The summed E-state index contributed by atoms with van der Waals surface area (Å²) in [5.41, 5.74) is 1.06. The molecule has 0 saturated carbocycles. The Morgan fingerprint density at radius 2 is 1.74 bits per heavy atom. The molecule has 1 unspecified atom stereocenters. The Balaban J connectivity index is 1.57. The van der Waals surface area contributed by atoms with E-state index in [1.165, 1.54) is 0 Å². The second-order valence-electron chi connectivity index (χ2n) is 6.66. The van der Waals surface area contributed by atoms with Gasteiger partial charge < -0.3 is 19.3 Å². The van der Waals surface area contributed by atoms with Crippen LogP contribution in [0, 0.1) is 5.92 Å². The average molecular weight is 370 g/mol. The standard InChI is InChI=1S/C20H26N4O3/c1-15(13-16-5-6-17(26-2)18(14-16)27-3)19(25)23-9-11-24(12-10-23)20-21-7-4-8-22-20/h4-8,14-15H,9-13H2,1-3H3. The molecule has 3 rings (SSSR count). The third-order valence-electron chi connectivity index (χ3n) is 4.84. The lowest BCUT2D eigenvalue weighted by atomic mass is 9.99. The summed E-state index contributed by atoms with van der Waals surface area (Å²) in [6, 6.07) is 7.60. The van der Waals surface area contributed by atoms with Crippen molar-refractivity contribution < 1.29 is 14.3 Å². The second kappa shape index (κ2) is 8.70.